The molecule has 1 aliphatic heterocycles. The molecule has 5 rings (SSSR count). The Labute approximate surface area is 311 Å². The highest BCUT2D eigenvalue weighted by Gasteiger charge is 2.62. The summed E-state index contributed by atoms with van der Waals surface area (Å²) in [4.78, 5) is 69.6. The number of carbonyl (C=O) groups is 5. The van der Waals surface area contributed by atoms with Crippen molar-refractivity contribution < 1.29 is 41.9 Å². The van der Waals surface area contributed by atoms with Crippen LogP contribution in [0.5, 0.6) is 0 Å². The van der Waals surface area contributed by atoms with Gasteiger partial charge in [0, 0.05) is 30.4 Å². The van der Waals surface area contributed by atoms with Crippen LogP contribution in [0.25, 0.3) is 0 Å². The Morgan fingerprint density at radius 3 is 2.26 bits per heavy atom. The van der Waals surface area contributed by atoms with Gasteiger partial charge >= 0.3 is 12.2 Å². The number of likely N-dealkylation sites (tertiary alicyclic amines) is 1. The summed E-state index contributed by atoms with van der Waals surface area (Å²) in [7, 11) is -3.92. The molecule has 3 aliphatic carbocycles. The van der Waals surface area contributed by atoms with Crippen molar-refractivity contribution in [3.05, 3.63) is 60.6 Å². The topological polar surface area (TPSA) is 194 Å². The number of alkyl carbamates (subject to hydrolysis) is 2. The van der Waals surface area contributed by atoms with Crippen LogP contribution in [-0.4, -0.2) is 88.9 Å². The van der Waals surface area contributed by atoms with E-state index in [-0.39, 0.29) is 25.4 Å². The predicted molar refractivity (Wildman–Crippen MR) is 195 cm³/mol. The van der Waals surface area contributed by atoms with Crippen LogP contribution in [0.15, 0.2) is 60.6 Å². The van der Waals surface area contributed by atoms with Crippen molar-refractivity contribution in [2.45, 2.75) is 121 Å². The van der Waals surface area contributed by atoms with Crippen LogP contribution >= 0.6 is 0 Å². The minimum Gasteiger partial charge on any atom is -0.444 e. The first-order valence-corrected chi connectivity index (χ1v) is 19.5. The summed E-state index contributed by atoms with van der Waals surface area (Å²) in [5.41, 5.74) is -1.74. The molecule has 15 nitrogen and oxygen atoms in total. The van der Waals surface area contributed by atoms with Gasteiger partial charge in [0.1, 0.15) is 29.3 Å². The van der Waals surface area contributed by atoms with Crippen LogP contribution < -0.4 is 20.7 Å². The first-order valence-electron chi connectivity index (χ1n) is 17.9. The molecule has 1 saturated heterocycles. The number of allylic oxidation sites excluding steroid dienone is 4. The lowest BCUT2D eigenvalue weighted by Crippen LogP contribution is -2.60. The van der Waals surface area contributed by atoms with Crippen molar-refractivity contribution in [2.75, 3.05) is 6.54 Å². The lowest BCUT2D eigenvalue weighted by Gasteiger charge is -2.36. The zero-order chi connectivity index (χ0) is 39.1. The molecule has 16 heteroatoms. The average molecular weight is 757 g/mol. The summed E-state index contributed by atoms with van der Waals surface area (Å²) in [6, 6.07) is 1.16. The molecule has 1 aromatic rings. The van der Waals surface area contributed by atoms with Gasteiger partial charge in [-0.1, -0.05) is 38.5 Å². The summed E-state index contributed by atoms with van der Waals surface area (Å²) in [5, 5.41) is 7.57. The van der Waals surface area contributed by atoms with Crippen molar-refractivity contribution in [3.8, 4) is 0 Å². The Balaban J connectivity index is 1.38. The van der Waals surface area contributed by atoms with E-state index in [1.54, 1.807) is 41.5 Å². The first kappa shape index (κ1) is 39.6. The fraction of sp³-hybridized carbons (Fsp3) is 0.595. The first-order chi connectivity index (χ1) is 24.6. The van der Waals surface area contributed by atoms with E-state index in [0.29, 0.717) is 25.0 Å². The Bertz CT molecular complexity index is 1800. The van der Waals surface area contributed by atoms with Crippen molar-refractivity contribution in [3.63, 3.8) is 0 Å². The Kier molecular flexibility index (Phi) is 11.0. The van der Waals surface area contributed by atoms with Crippen LogP contribution in [0.2, 0.25) is 0 Å². The molecular formula is C37H52N6O9S. The maximum Gasteiger partial charge on any atom is 0.411 e. The van der Waals surface area contributed by atoms with Gasteiger partial charge in [0.15, 0.2) is 0 Å². The van der Waals surface area contributed by atoms with Gasteiger partial charge in [-0.2, -0.15) is 0 Å². The Morgan fingerprint density at radius 2 is 1.70 bits per heavy atom. The largest absolute Gasteiger partial charge is 0.444 e. The summed E-state index contributed by atoms with van der Waals surface area (Å²) < 4.78 is 40.7. The number of nitrogens with zero attached hydrogens (tertiary/aromatic N) is 2. The lowest BCUT2D eigenvalue weighted by molar-refractivity contribution is -0.143. The molecule has 53 heavy (non-hydrogen) atoms. The van der Waals surface area contributed by atoms with Crippen LogP contribution in [-0.2, 0) is 33.9 Å². The molecule has 3 fully saturated rings. The van der Waals surface area contributed by atoms with Gasteiger partial charge in [-0.3, -0.25) is 24.4 Å². The molecular weight excluding hydrogens is 705 g/mol. The van der Waals surface area contributed by atoms with Crippen LogP contribution in [0.1, 0.15) is 86.6 Å². The zero-order valence-electron chi connectivity index (χ0n) is 31.4. The van der Waals surface area contributed by atoms with Gasteiger partial charge in [0.25, 0.3) is 5.91 Å². The maximum atomic E-state index is 14.4. The molecule has 4 N–H and O–H groups in total. The number of hydrogen-bond acceptors (Lipinski definition) is 9. The summed E-state index contributed by atoms with van der Waals surface area (Å²) in [6.07, 6.45) is 8.08. The van der Waals surface area contributed by atoms with E-state index in [1.165, 1.54) is 11.0 Å². The van der Waals surface area contributed by atoms with E-state index < -0.39 is 85.8 Å². The number of hydrogen-bond donors (Lipinski definition) is 4. The van der Waals surface area contributed by atoms with Crippen molar-refractivity contribution in [2.24, 2.45) is 11.3 Å². The monoisotopic (exact) mass is 756 g/mol. The second kappa shape index (κ2) is 14.7. The fourth-order valence-corrected chi connectivity index (χ4v) is 8.08. The molecule has 4 aliphatic rings. The molecule has 2 saturated carbocycles. The standard InChI is InChI=1S/C37H52N6O9S/c1-9-23-20-37(23,32(46)41-53(49,50)25-13-14-25)40-30(44)28-19-24(21-43(28)31(45)29(35(3,4)5)39-34(48)52-36(6,7)8)51-33(47)38-26-18-22(2)12-15-27(26)42-16-10-11-17-42/h9-12,16-18,23-25,27-29H,1,13-15,19-21H2,2-8H3,(H,38,47)(H,39,48)(H,40,44)(H,41,46)/t23?,24-,27?,28?,29-,37-/m1/s1. The number of sulfonamides is 1. The molecule has 6 atom stereocenters. The van der Waals surface area contributed by atoms with Crippen molar-refractivity contribution in [1.82, 2.24) is 30.1 Å². The van der Waals surface area contributed by atoms with E-state index in [1.807, 2.05) is 42.1 Å². The molecule has 0 aromatic carbocycles. The maximum absolute atomic E-state index is 14.4. The Morgan fingerprint density at radius 1 is 1.04 bits per heavy atom. The number of amides is 5. The molecule has 1 aromatic heterocycles. The molecule has 0 radical (unpaired) electrons. The van der Waals surface area contributed by atoms with Crippen LogP contribution in [0.4, 0.5) is 9.59 Å². The van der Waals surface area contributed by atoms with Gasteiger partial charge in [-0.05, 0) is 77.0 Å². The van der Waals surface area contributed by atoms with Gasteiger partial charge in [-0.15, -0.1) is 6.58 Å². The zero-order valence-corrected chi connectivity index (χ0v) is 32.2. The van der Waals surface area contributed by atoms with E-state index in [9.17, 15) is 32.4 Å². The fourth-order valence-electron chi connectivity index (χ4n) is 6.71. The molecule has 0 spiro atoms. The number of ether oxygens (including phenoxy) is 2. The molecule has 3 unspecified atom stereocenters. The van der Waals surface area contributed by atoms with Crippen molar-refractivity contribution in [1.29, 1.82) is 0 Å². The number of aromatic nitrogens is 1. The van der Waals surface area contributed by atoms with E-state index in [0.717, 1.165) is 5.57 Å². The van der Waals surface area contributed by atoms with Crippen LogP contribution in [0, 0.1) is 11.3 Å². The third-order valence-electron chi connectivity index (χ3n) is 9.78. The van der Waals surface area contributed by atoms with Crippen LogP contribution in [0.3, 0.4) is 0 Å². The summed E-state index contributed by atoms with van der Waals surface area (Å²) >= 11 is 0. The van der Waals surface area contributed by atoms with Gasteiger partial charge in [-0.25, -0.2) is 18.0 Å². The second-order valence-corrected chi connectivity index (χ2v) is 18.4. The highest BCUT2D eigenvalue weighted by atomic mass is 32.2. The molecule has 0 bridgehead atoms. The van der Waals surface area contributed by atoms with E-state index in [4.69, 9.17) is 9.47 Å². The number of carbonyl (C=O) groups excluding carboxylic acids is 5. The SMILES string of the molecule is C=CC1C[C@]1(NC(=O)C1C[C@@H](OC(=O)NC2=CC(C)=CCC2n2cccc2)CN1C(=O)[C@@H](NC(=O)OC(C)(C)C)C(C)(C)C)C(=O)NS(=O)(=O)C1CC1. The summed E-state index contributed by atoms with van der Waals surface area (Å²) in [5.74, 6) is -2.83. The smallest absolute Gasteiger partial charge is 0.411 e. The Hall–Kier alpha value is -4.60. The normalized spacial score (nSPS) is 26.3. The molecule has 5 amide bonds. The van der Waals surface area contributed by atoms with Gasteiger partial charge in [0.05, 0.1) is 17.8 Å². The molecule has 2 heterocycles. The molecule has 290 valence electrons. The average Bonchev–Trinajstić information content (AvgIpc) is 3.91. The third kappa shape index (κ3) is 9.32. The lowest BCUT2D eigenvalue weighted by atomic mass is 9.85. The third-order valence-corrected chi connectivity index (χ3v) is 11.6. The number of nitrogens with one attached hydrogen (secondary N) is 4. The predicted octanol–water partition coefficient (Wildman–Crippen LogP) is 3.57. The quantitative estimate of drug-likeness (QED) is 0.244. The van der Waals surface area contributed by atoms with Gasteiger partial charge < -0.3 is 29.6 Å². The minimum atomic E-state index is -3.92. The summed E-state index contributed by atoms with van der Waals surface area (Å²) in [6.45, 7) is 15.8. The van der Waals surface area contributed by atoms with Crippen molar-refractivity contribution >= 4 is 39.9 Å². The number of rotatable bonds is 11. The highest BCUT2D eigenvalue weighted by molar-refractivity contribution is 7.91. The van der Waals surface area contributed by atoms with E-state index in [2.05, 4.69) is 33.3 Å². The van der Waals surface area contributed by atoms with E-state index >= 15 is 0 Å². The second-order valence-electron chi connectivity index (χ2n) is 16.5. The highest BCUT2D eigenvalue weighted by Crippen LogP contribution is 2.45. The van der Waals surface area contributed by atoms with Gasteiger partial charge in [0.2, 0.25) is 21.8 Å². The minimum absolute atomic E-state index is 0.105.